The Morgan fingerprint density at radius 2 is 1.50 bits per heavy atom. The molecule has 0 aliphatic rings. The monoisotopic (exact) mass is 114 g/mol. The standard InChI is InChI=1S/CH3ClS2/c2-1(3)4/h1,3-4H. The second kappa shape index (κ2) is 2.24. The molecule has 0 atom stereocenters. The molecule has 0 saturated heterocycles. The lowest BCUT2D eigenvalue weighted by Gasteiger charge is -1.74. The van der Waals surface area contributed by atoms with E-state index in [9.17, 15) is 0 Å². The molecule has 0 aromatic heterocycles. The van der Waals surface area contributed by atoms with Gasteiger partial charge in [0.05, 0.1) is 0 Å². The number of hydrogen-bond donors (Lipinski definition) is 2. The van der Waals surface area contributed by atoms with Crippen molar-refractivity contribution in [3.8, 4) is 0 Å². The summed E-state index contributed by atoms with van der Waals surface area (Å²) in [7, 11) is 0. The first-order valence-electron chi connectivity index (χ1n) is 0.735. The van der Waals surface area contributed by atoms with Gasteiger partial charge in [-0.05, 0) is 0 Å². The number of alkyl halides is 1. The Morgan fingerprint density at radius 1 is 1.50 bits per heavy atom. The van der Waals surface area contributed by atoms with Crippen molar-refractivity contribution in [1.29, 1.82) is 0 Å². The molecule has 3 heteroatoms. The van der Waals surface area contributed by atoms with Crippen molar-refractivity contribution in [2.45, 2.75) is 4.04 Å². The maximum Gasteiger partial charge on any atom is 0.119 e. The Kier molecular flexibility index (Phi) is 2.80. The molecular formula is CH3ClS2. The second-order valence-electron chi connectivity index (χ2n) is 0.311. The van der Waals surface area contributed by atoms with Crippen LogP contribution in [-0.4, -0.2) is 4.04 Å². The van der Waals surface area contributed by atoms with Crippen molar-refractivity contribution in [1.82, 2.24) is 0 Å². The van der Waals surface area contributed by atoms with Crippen molar-refractivity contribution < 1.29 is 0 Å². The van der Waals surface area contributed by atoms with Gasteiger partial charge in [-0.25, -0.2) is 0 Å². The largest absolute Gasteiger partial charge is 0.149 e. The van der Waals surface area contributed by atoms with E-state index in [1.165, 1.54) is 0 Å². The van der Waals surface area contributed by atoms with Gasteiger partial charge in [-0.3, -0.25) is 0 Å². The highest BCUT2D eigenvalue weighted by Gasteiger charge is 1.73. The van der Waals surface area contributed by atoms with Crippen molar-refractivity contribution in [2.75, 3.05) is 0 Å². The minimum atomic E-state index is -0.306. The minimum Gasteiger partial charge on any atom is -0.149 e. The van der Waals surface area contributed by atoms with Gasteiger partial charge in [0.15, 0.2) is 0 Å². The van der Waals surface area contributed by atoms with Crippen LogP contribution in [0.4, 0.5) is 0 Å². The molecule has 0 nitrogen and oxygen atoms in total. The van der Waals surface area contributed by atoms with Gasteiger partial charge in [0.1, 0.15) is 4.04 Å². The van der Waals surface area contributed by atoms with Gasteiger partial charge < -0.3 is 0 Å². The predicted molar refractivity (Wildman–Crippen MR) is 27.6 cm³/mol. The summed E-state index contributed by atoms with van der Waals surface area (Å²) in [6, 6.07) is 0. The van der Waals surface area contributed by atoms with E-state index in [-0.39, 0.29) is 4.04 Å². The third-order valence-corrected chi connectivity index (χ3v) is 0. The fourth-order valence-corrected chi connectivity index (χ4v) is 0. The van der Waals surface area contributed by atoms with Gasteiger partial charge >= 0.3 is 0 Å². The van der Waals surface area contributed by atoms with Crippen LogP contribution in [0.3, 0.4) is 0 Å². The zero-order chi connectivity index (χ0) is 3.58. The van der Waals surface area contributed by atoms with E-state index in [0.717, 1.165) is 0 Å². The molecule has 0 unspecified atom stereocenters. The van der Waals surface area contributed by atoms with Crippen LogP contribution in [0.25, 0.3) is 0 Å². The summed E-state index contributed by atoms with van der Waals surface area (Å²) >= 11 is 12.2. The first-order valence-corrected chi connectivity index (χ1v) is 2.20. The van der Waals surface area contributed by atoms with Crippen LogP contribution in [0.2, 0.25) is 0 Å². The number of rotatable bonds is 0. The SMILES string of the molecule is SC(S)Cl. The molecule has 0 fully saturated rings. The highest BCUT2D eigenvalue weighted by atomic mass is 35.5. The normalized spacial score (nSPS) is 9.00. The van der Waals surface area contributed by atoms with Crippen LogP contribution in [0.15, 0.2) is 0 Å². The summed E-state index contributed by atoms with van der Waals surface area (Å²) in [5, 5.41) is 0. The molecule has 0 N–H and O–H groups in total. The lowest BCUT2D eigenvalue weighted by atomic mass is 11.9. The Labute approximate surface area is 41.4 Å². The van der Waals surface area contributed by atoms with E-state index in [1.807, 2.05) is 0 Å². The smallest absolute Gasteiger partial charge is 0.119 e. The van der Waals surface area contributed by atoms with Crippen LogP contribution in [-0.2, 0) is 0 Å². The Hall–Kier alpha value is 0.990. The minimum absolute atomic E-state index is 0.306. The summed E-state index contributed by atoms with van der Waals surface area (Å²) in [4.78, 5) is 0. The third-order valence-electron chi connectivity index (χ3n) is 0. The zero-order valence-electron chi connectivity index (χ0n) is 1.85. The molecule has 0 spiro atoms. The molecule has 0 rings (SSSR count). The fraction of sp³-hybridized carbons (Fsp3) is 1.00. The molecule has 0 aromatic rings. The molecule has 0 radical (unpaired) electrons. The second-order valence-corrected chi connectivity index (χ2v) is 2.80. The topological polar surface area (TPSA) is 0 Å². The van der Waals surface area contributed by atoms with E-state index in [0.29, 0.717) is 0 Å². The Balaban J connectivity index is 2.32. The quantitative estimate of drug-likeness (QED) is 0.265. The highest BCUT2D eigenvalue weighted by Crippen LogP contribution is 2.02. The van der Waals surface area contributed by atoms with Gasteiger partial charge in [-0.15, -0.1) is 25.3 Å². The number of thiol groups is 2. The summed E-state index contributed by atoms with van der Waals surface area (Å²) in [6.45, 7) is 0. The number of hydrogen-bond acceptors (Lipinski definition) is 2. The number of halogens is 1. The molecule has 0 heterocycles. The van der Waals surface area contributed by atoms with Gasteiger partial charge in [0.2, 0.25) is 0 Å². The average Bonchev–Trinajstić information content (AvgIpc) is 0.811. The van der Waals surface area contributed by atoms with Crippen molar-refractivity contribution in [3.05, 3.63) is 0 Å². The molecule has 0 aromatic carbocycles. The summed E-state index contributed by atoms with van der Waals surface area (Å²) < 4.78 is -0.306. The van der Waals surface area contributed by atoms with E-state index < -0.39 is 0 Å². The van der Waals surface area contributed by atoms with Gasteiger partial charge in [-0.2, -0.15) is 0 Å². The van der Waals surface area contributed by atoms with E-state index in [1.54, 1.807) is 0 Å². The maximum absolute atomic E-state index is 5.00. The van der Waals surface area contributed by atoms with E-state index in [2.05, 4.69) is 25.3 Å². The molecule has 0 bridgehead atoms. The zero-order valence-corrected chi connectivity index (χ0v) is 4.39. The maximum atomic E-state index is 5.00. The van der Waals surface area contributed by atoms with Crippen LogP contribution >= 0.6 is 36.9 Å². The van der Waals surface area contributed by atoms with E-state index in [4.69, 9.17) is 11.6 Å². The Bertz CT molecular complexity index is 10.8. The molecule has 0 amide bonds. The lowest BCUT2D eigenvalue weighted by molar-refractivity contribution is 2.10. The summed E-state index contributed by atoms with van der Waals surface area (Å²) in [5.41, 5.74) is 0. The molecule has 4 heavy (non-hydrogen) atoms. The van der Waals surface area contributed by atoms with Crippen molar-refractivity contribution in [3.63, 3.8) is 0 Å². The van der Waals surface area contributed by atoms with Crippen molar-refractivity contribution >= 4 is 36.9 Å². The fourth-order valence-electron chi connectivity index (χ4n) is 0. The molecule has 26 valence electrons. The lowest BCUT2D eigenvalue weighted by Crippen LogP contribution is -1.56. The molecule has 0 aliphatic heterocycles. The van der Waals surface area contributed by atoms with Crippen LogP contribution in [0.5, 0.6) is 0 Å². The van der Waals surface area contributed by atoms with Crippen LogP contribution in [0, 0.1) is 0 Å². The van der Waals surface area contributed by atoms with Crippen molar-refractivity contribution in [2.24, 2.45) is 0 Å². The molecule has 0 saturated carbocycles. The van der Waals surface area contributed by atoms with Gasteiger partial charge in [0, 0.05) is 0 Å². The average molecular weight is 115 g/mol. The van der Waals surface area contributed by atoms with Crippen LogP contribution < -0.4 is 0 Å². The summed E-state index contributed by atoms with van der Waals surface area (Å²) in [5.74, 6) is 0. The van der Waals surface area contributed by atoms with Gasteiger partial charge in [-0.1, -0.05) is 11.6 Å². The third kappa shape index (κ3) is 12.1. The summed E-state index contributed by atoms with van der Waals surface area (Å²) in [6.07, 6.45) is 0. The van der Waals surface area contributed by atoms with Crippen LogP contribution in [0.1, 0.15) is 0 Å². The first-order chi connectivity index (χ1) is 1.73. The predicted octanol–water partition coefficient (Wildman–Crippen LogP) is 1.37. The Morgan fingerprint density at radius 3 is 1.50 bits per heavy atom. The van der Waals surface area contributed by atoms with Gasteiger partial charge in [0.25, 0.3) is 0 Å². The molecule has 0 aliphatic carbocycles. The highest BCUT2D eigenvalue weighted by molar-refractivity contribution is 8.01. The first kappa shape index (κ1) is 4.99. The molecular weight excluding hydrogens is 112 g/mol. The van der Waals surface area contributed by atoms with E-state index >= 15 is 0 Å².